The number of carbonyl (C=O) groups excluding carboxylic acids is 1. The van der Waals surface area contributed by atoms with Crippen molar-refractivity contribution in [1.82, 2.24) is 9.97 Å². The standard InChI is InChI=1S/C15H19N3O3/c1-20-13-4-2-11(3-5-13)6-7-21-15(19)14(16)8-12-9-17-10-18-12/h2-5,9-10,14H,6-8,16H2,1H3,(H,17,18)/t14-/m0/s1. The lowest BCUT2D eigenvalue weighted by atomic mass is 10.1. The van der Waals surface area contributed by atoms with Gasteiger partial charge in [-0.2, -0.15) is 0 Å². The number of hydrogen-bond donors (Lipinski definition) is 2. The fourth-order valence-corrected chi connectivity index (χ4v) is 1.89. The highest BCUT2D eigenvalue weighted by Gasteiger charge is 2.16. The Balaban J connectivity index is 1.73. The lowest BCUT2D eigenvalue weighted by molar-refractivity contribution is -0.145. The Hall–Kier alpha value is -2.34. The van der Waals surface area contributed by atoms with Crippen LogP contribution in [0.2, 0.25) is 0 Å². The van der Waals surface area contributed by atoms with Crippen LogP contribution in [0.3, 0.4) is 0 Å². The summed E-state index contributed by atoms with van der Waals surface area (Å²) in [7, 11) is 1.62. The molecule has 2 aromatic rings. The quantitative estimate of drug-likeness (QED) is 0.744. The Morgan fingerprint density at radius 1 is 1.38 bits per heavy atom. The predicted octanol–water partition coefficient (Wildman–Crippen LogP) is 1.07. The molecule has 3 N–H and O–H groups in total. The van der Waals surface area contributed by atoms with Crippen LogP contribution in [0.4, 0.5) is 0 Å². The molecule has 1 aromatic heterocycles. The van der Waals surface area contributed by atoms with Gasteiger partial charge in [0.25, 0.3) is 0 Å². The zero-order valence-electron chi connectivity index (χ0n) is 11.9. The molecule has 1 heterocycles. The molecule has 2 rings (SSSR count). The normalized spacial score (nSPS) is 11.9. The number of aromatic nitrogens is 2. The van der Waals surface area contributed by atoms with E-state index < -0.39 is 12.0 Å². The summed E-state index contributed by atoms with van der Waals surface area (Å²) in [6.07, 6.45) is 4.23. The van der Waals surface area contributed by atoms with Crippen molar-refractivity contribution in [3.05, 3.63) is 48.0 Å². The molecule has 1 aromatic carbocycles. The summed E-state index contributed by atoms with van der Waals surface area (Å²) in [6.45, 7) is 0.307. The summed E-state index contributed by atoms with van der Waals surface area (Å²) in [5.41, 5.74) is 7.68. The maximum atomic E-state index is 11.8. The smallest absolute Gasteiger partial charge is 0.323 e. The van der Waals surface area contributed by atoms with Gasteiger partial charge in [0.2, 0.25) is 0 Å². The number of rotatable bonds is 7. The van der Waals surface area contributed by atoms with E-state index in [1.165, 1.54) is 0 Å². The molecule has 6 nitrogen and oxygen atoms in total. The van der Waals surface area contributed by atoms with Gasteiger partial charge >= 0.3 is 5.97 Å². The van der Waals surface area contributed by atoms with Crippen LogP contribution in [-0.4, -0.2) is 35.7 Å². The van der Waals surface area contributed by atoms with E-state index in [1.807, 2.05) is 24.3 Å². The number of H-pyrrole nitrogens is 1. The highest BCUT2D eigenvalue weighted by molar-refractivity contribution is 5.75. The molecule has 0 fully saturated rings. The Kier molecular flexibility index (Phi) is 5.34. The number of nitrogens with zero attached hydrogens (tertiary/aromatic N) is 1. The zero-order valence-corrected chi connectivity index (χ0v) is 11.9. The molecule has 0 spiro atoms. The number of esters is 1. The van der Waals surface area contributed by atoms with Gasteiger partial charge in [-0.1, -0.05) is 12.1 Å². The first-order valence-corrected chi connectivity index (χ1v) is 6.71. The van der Waals surface area contributed by atoms with Gasteiger partial charge in [0.15, 0.2) is 0 Å². The van der Waals surface area contributed by atoms with Crippen LogP contribution in [0.15, 0.2) is 36.8 Å². The number of aromatic amines is 1. The van der Waals surface area contributed by atoms with Gasteiger partial charge in [-0.25, -0.2) is 4.98 Å². The highest BCUT2D eigenvalue weighted by Crippen LogP contribution is 2.11. The molecule has 0 aliphatic heterocycles. The van der Waals surface area contributed by atoms with Crippen LogP contribution in [0, 0.1) is 0 Å². The van der Waals surface area contributed by atoms with E-state index in [2.05, 4.69) is 9.97 Å². The number of nitrogens with two attached hydrogens (primary N) is 1. The molecule has 0 aliphatic carbocycles. The van der Waals surface area contributed by atoms with Gasteiger partial charge < -0.3 is 20.2 Å². The molecule has 0 amide bonds. The van der Waals surface area contributed by atoms with Crippen molar-refractivity contribution in [1.29, 1.82) is 0 Å². The lowest BCUT2D eigenvalue weighted by Crippen LogP contribution is -2.34. The first-order valence-electron chi connectivity index (χ1n) is 6.71. The minimum atomic E-state index is -0.679. The van der Waals surface area contributed by atoms with Crippen LogP contribution in [0.5, 0.6) is 5.75 Å². The van der Waals surface area contributed by atoms with Crippen molar-refractivity contribution < 1.29 is 14.3 Å². The predicted molar refractivity (Wildman–Crippen MR) is 77.9 cm³/mol. The van der Waals surface area contributed by atoms with Crippen molar-refractivity contribution in [3.63, 3.8) is 0 Å². The first kappa shape index (κ1) is 15.1. The molecular formula is C15H19N3O3. The molecular weight excluding hydrogens is 270 g/mol. The van der Waals surface area contributed by atoms with Gasteiger partial charge in [0.1, 0.15) is 11.8 Å². The van der Waals surface area contributed by atoms with Gasteiger partial charge in [-0.3, -0.25) is 4.79 Å². The second-order valence-corrected chi connectivity index (χ2v) is 4.65. The molecule has 0 radical (unpaired) electrons. The minimum absolute atomic E-state index is 0.307. The number of carbonyl (C=O) groups is 1. The fraction of sp³-hybridized carbons (Fsp3) is 0.333. The Morgan fingerprint density at radius 2 is 2.14 bits per heavy atom. The number of benzene rings is 1. The van der Waals surface area contributed by atoms with E-state index in [0.29, 0.717) is 19.4 Å². The molecule has 21 heavy (non-hydrogen) atoms. The molecule has 0 saturated heterocycles. The monoisotopic (exact) mass is 289 g/mol. The SMILES string of the molecule is COc1ccc(CCOC(=O)[C@@H](N)Cc2cnc[nH]2)cc1. The molecule has 6 heteroatoms. The lowest BCUT2D eigenvalue weighted by Gasteiger charge is -2.10. The maximum Gasteiger partial charge on any atom is 0.323 e. The summed E-state index contributed by atoms with van der Waals surface area (Å²) in [5.74, 6) is 0.399. The summed E-state index contributed by atoms with van der Waals surface area (Å²) in [4.78, 5) is 18.5. The molecule has 112 valence electrons. The Morgan fingerprint density at radius 3 is 2.76 bits per heavy atom. The third-order valence-electron chi connectivity index (χ3n) is 3.09. The molecule has 0 saturated carbocycles. The first-order chi connectivity index (χ1) is 10.2. The summed E-state index contributed by atoms with van der Waals surface area (Å²) < 4.78 is 10.3. The average molecular weight is 289 g/mol. The number of methoxy groups -OCH3 is 1. The summed E-state index contributed by atoms with van der Waals surface area (Å²) in [5, 5.41) is 0. The van der Waals surface area contributed by atoms with E-state index in [-0.39, 0.29) is 0 Å². The van der Waals surface area contributed by atoms with E-state index in [1.54, 1.807) is 19.6 Å². The molecule has 0 bridgehead atoms. The molecule has 0 unspecified atom stereocenters. The largest absolute Gasteiger partial charge is 0.497 e. The number of hydrogen-bond acceptors (Lipinski definition) is 5. The Bertz CT molecular complexity index is 552. The van der Waals surface area contributed by atoms with E-state index in [0.717, 1.165) is 17.0 Å². The second-order valence-electron chi connectivity index (χ2n) is 4.65. The van der Waals surface area contributed by atoms with E-state index in [9.17, 15) is 4.79 Å². The highest BCUT2D eigenvalue weighted by atomic mass is 16.5. The van der Waals surface area contributed by atoms with Crippen molar-refractivity contribution in [3.8, 4) is 5.75 Å². The van der Waals surface area contributed by atoms with Gasteiger partial charge in [-0.15, -0.1) is 0 Å². The minimum Gasteiger partial charge on any atom is -0.497 e. The van der Waals surface area contributed by atoms with Crippen LogP contribution in [0.25, 0.3) is 0 Å². The van der Waals surface area contributed by atoms with Crippen molar-refractivity contribution in [2.45, 2.75) is 18.9 Å². The summed E-state index contributed by atoms with van der Waals surface area (Å²) in [6, 6.07) is 6.96. The van der Waals surface area contributed by atoms with Crippen LogP contribution in [0.1, 0.15) is 11.3 Å². The van der Waals surface area contributed by atoms with E-state index in [4.69, 9.17) is 15.2 Å². The van der Waals surface area contributed by atoms with Crippen molar-refractivity contribution in [2.75, 3.05) is 13.7 Å². The topological polar surface area (TPSA) is 90.2 Å². The number of ether oxygens (including phenoxy) is 2. The number of imidazole rings is 1. The maximum absolute atomic E-state index is 11.8. The van der Waals surface area contributed by atoms with Crippen molar-refractivity contribution in [2.24, 2.45) is 5.73 Å². The average Bonchev–Trinajstić information content (AvgIpc) is 3.00. The van der Waals surface area contributed by atoms with Crippen LogP contribution < -0.4 is 10.5 Å². The van der Waals surface area contributed by atoms with Crippen LogP contribution in [-0.2, 0) is 22.4 Å². The van der Waals surface area contributed by atoms with Crippen LogP contribution >= 0.6 is 0 Å². The zero-order chi connectivity index (χ0) is 15.1. The molecule has 1 atom stereocenters. The van der Waals surface area contributed by atoms with Gasteiger partial charge in [-0.05, 0) is 17.7 Å². The Labute approximate surface area is 123 Å². The molecule has 0 aliphatic rings. The fourth-order valence-electron chi connectivity index (χ4n) is 1.89. The third-order valence-corrected chi connectivity index (χ3v) is 3.09. The number of nitrogens with one attached hydrogen (secondary N) is 1. The second kappa shape index (κ2) is 7.44. The summed E-state index contributed by atoms with van der Waals surface area (Å²) >= 11 is 0. The van der Waals surface area contributed by atoms with E-state index >= 15 is 0 Å². The van der Waals surface area contributed by atoms with Gasteiger partial charge in [0, 0.05) is 24.7 Å². The van der Waals surface area contributed by atoms with Crippen molar-refractivity contribution >= 4 is 5.97 Å². The van der Waals surface area contributed by atoms with Gasteiger partial charge in [0.05, 0.1) is 20.0 Å². The third kappa shape index (κ3) is 4.61.